The minimum atomic E-state index is 0.0771. The van der Waals surface area contributed by atoms with Gasteiger partial charge < -0.3 is 9.47 Å². The monoisotopic (exact) mass is 409 g/mol. The molecule has 0 spiro atoms. The van der Waals surface area contributed by atoms with Gasteiger partial charge in [-0.1, -0.05) is 42.1 Å². The normalized spacial score (nSPS) is 16.1. The Kier molecular flexibility index (Phi) is 6.27. The summed E-state index contributed by atoms with van der Waals surface area (Å²) in [6.45, 7) is 1.47. The van der Waals surface area contributed by atoms with Crippen molar-refractivity contribution in [3.8, 4) is 17.1 Å². The quantitative estimate of drug-likeness (QED) is 0.412. The van der Waals surface area contributed by atoms with Crippen molar-refractivity contribution in [3.05, 3.63) is 60.2 Å². The molecule has 0 amide bonds. The second-order valence-corrected chi connectivity index (χ2v) is 7.80. The molecule has 2 heterocycles. The van der Waals surface area contributed by atoms with Gasteiger partial charge in [0.05, 0.1) is 25.5 Å². The summed E-state index contributed by atoms with van der Waals surface area (Å²) in [5.74, 6) is 1.96. The number of thioether (sulfide) groups is 1. The van der Waals surface area contributed by atoms with Crippen LogP contribution < -0.4 is 4.74 Å². The van der Waals surface area contributed by atoms with Gasteiger partial charge in [-0.15, -0.1) is 10.2 Å². The van der Waals surface area contributed by atoms with E-state index >= 15 is 0 Å². The van der Waals surface area contributed by atoms with E-state index in [-0.39, 0.29) is 11.9 Å². The third-order valence-electron chi connectivity index (χ3n) is 4.90. The van der Waals surface area contributed by atoms with Gasteiger partial charge in [-0.2, -0.15) is 0 Å². The topological polar surface area (TPSA) is 66.2 Å². The summed E-state index contributed by atoms with van der Waals surface area (Å²) < 4.78 is 13.2. The fraction of sp³-hybridized carbons (Fsp3) is 0.318. The van der Waals surface area contributed by atoms with Crippen molar-refractivity contribution in [1.82, 2.24) is 14.8 Å². The molecule has 0 saturated carbocycles. The van der Waals surface area contributed by atoms with Crippen LogP contribution in [0.25, 0.3) is 11.4 Å². The third-order valence-corrected chi connectivity index (χ3v) is 5.87. The molecule has 1 aliphatic heterocycles. The van der Waals surface area contributed by atoms with Gasteiger partial charge in [-0.05, 0) is 37.1 Å². The van der Waals surface area contributed by atoms with E-state index in [1.165, 1.54) is 11.8 Å². The van der Waals surface area contributed by atoms with Gasteiger partial charge >= 0.3 is 0 Å². The third kappa shape index (κ3) is 4.68. The molecule has 7 heteroatoms. The van der Waals surface area contributed by atoms with Crippen LogP contribution >= 0.6 is 11.8 Å². The van der Waals surface area contributed by atoms with Crippen LogP contribution in [0.4, 0.5) is 0 Å². The van der Waals surface area contributed by atoms with Crippen LogP contribution in [0.15, 0.2) is 59.8 Å². The molecule has 150 valence electrons. The fourth-order valence-corrected chi connectivity index (χ4v) is 4.19. The summed E-state index contributed by atoms with van der Waals surface area (Å²) in [5.41, 5.74) is 1.66. The fourth-order valence-electron chi connectivity index (χ4n) is 3.34. The number of aromatic nitrogens is 3. The lowest BCUT2D eigenvalue weighted by atomic mass is 10.2. The Hall–Kier alpha value is -2.64. The highest BCUT2D eigenvalue weighted by molar-refractivity contribution is 7.99. The van der Waals surface area contributed by atoms with E-state index in [2.05, 4.69) is 14.8 Å². The van der Waals surface area contributed by atoms with Gasteiger partial charge in [0.2, 0.25) is 0 Å². The number of ether oxygens (including phenoxy) is 2. The number of carbonyl (C=O) groups excluding carboxylic acids is 1. The Bertz CT molecular complexity index is 951. The Balaban J connectivity index is 1.57. The minimum Gasteiger partial charge on any atom is -0.497 e. The standard InChI is InChI=1S/C22H23N3O3S/c1-27-18-11-9-17(10-12-18)21-23-24-22(25(21)14-19-8-5-13-28-19)29-15-20(26)16-6-3-2-4-7-16/h2-4,6-7,9-12,19H,5,8,13-15H2,1H3/t19-/m0/s1. The van der Waals surface area contributed by atoms with Crippen LogP contribution in [-0.2, 0) is 11.3 Å². The molecule has 0 bridgehead atoms. The number of hydrogen-bond donors (Lipinski definition) is 0. The van der Waals surface area contributed by atoms with Gasteiger partial charge in [0.15, 0.2) is 16.8 Å². The van der Waals surface area contributed by atoms with Gasteiger partial charge in [0.1, 0.15) is 5.75 Å². The molecule has 1 atom stereocenters. The van der Waals surface area contributed by atoms with Crippen molar-refractivity contribution in [1.29, 1.82) is 0 Å². The zero-order valence-corrected chi connectivity index (χ0v) is 17.1. The first-order chi connectivity index (χ1) is 14.2. The van der Waals surface area contributed by atoms with Crippen molar-refractivity contribution >= 4 is 17.5 Å². The number of nitrogens with zero attached hydrogens (tertiary/aromatic N) is 3. The summed E-state index contributed by atoms with van der Waals surface area (Å²) in [6, 6.07) is 17.1. The molecule has 3 aromatic rings. The van der Waals surface area contributed by atoms with Crippen molar-refractivity contribution in [2.45, 2.75) is 30.6 Å². The van der Waals surface area contributed by atoms with Gasteiger partial charge in [-0.25, -0.2) is 0 Å². The lowest BCUT2D eigenvalue weighted by Gasteiger charge is -2.15. The number of ketones is 1. The molecule has 0 unspecified atom stereocenters. The minimum absolute atomic E-state index is 0.0771. The summed E-state index contributed by atoms with van der Waals surface area (Å²) in [6.07, 6.45) is 2.24. The first kappa shape index (κ1) is 19.7. The van der Waals surface area contributed by atoms with Crippen LogP contribution in [0.1, 0.15) is 23.2 Å². The number of benzene rings is 2. The number of hydrogen-bond acceptors (Lipinski definition) is 6. The van der Waals surface area contributed by atoms with E-state index in [1.807, 2.05) is 54.6 Å². The first-order valence-electron chi connectivity index (χ1n) is 9.65. The second-order valence-electron chi connectivity index (χ2n) is 6.86. The zero-order chi connectivity index (χ0) is 20.1. The van der Waals surface area contributed by atoms with Crippen molar-refractivity contribution in [2.75, 3.05) is 19.5 Å². The molecule has 1 saturated heterocycles. The van der Waals surface area contributed by atoms with Crippen molar-refractivity contribution in [2.24, 2.45) is 0 Å². The van der Waals surface area contributed by atoms with Crippen LogP contribution in [0.5, 0.6) is 5.75 Å². The second kappa shape index (κ2) is 9.24. The molecule has 1 fully saturated rings. The SMILES string of the molecule is COc1ccc(-c2nnc(SCC(=O)c3ccccc3)n2C[C@@H]2CCCO2)cc1. The molecule has 2 aromatic carbocycles. The molecular formula is C22H23N3O3S. The molecule has 6 nitrogen and oxygen atoms in total. The summed E-state index contributed by atoms with van der Waals surface area (Å²) in [4.78, 5) is 12.5. The van der Waals surface area contributed by atoms with E-state index < -0.39 is 0 Å². The van der Waals surface area contributed by atoms with E-state index in [9.17, 15) is 4.79 Å². The number of carbonyl (C=O) groups is 1. The Morgan fingerprint density at radius 2 is 1.97 bits per heavy atom. The maximum absolute atomic E-state index is 12.5. The number of Topliss-reactive ketones (excluding diaryl/α,β-unsaturated/α-hetero) is 1. The molecule has 0 N–H and O–H groups in total. The van der Waals surface area contributed by atoms with Gasteiger partial charge in [-0.3, -0.25) is 9.36 Å². The van der Waals surface area contributed by atoms with Crippen molar-refractivity contribution in [3.63, 3.8) is 0 Å². The Labute approximate surface area is 174 Å². The van der Waals surface area contributed by atoms with Gasteiger partial charge in [0.25, 0.3) is 0 Å². The summed E-state index contributed by atoms with van der Waals surface area (Å²) in [5, 5.41) is 9.53. The lowest BCUT2D eigenvalue weighted by Crippen LogP contribution is -2.17. The molecule has 0 radical (unpaired) electrons. The van der Waals surface area contributed by atoms with Crippen LogP contribution in [0, 0.1) is 0 Å². The Morgan fingerprint density at radius 3 is 2.66 bits per heavy atom. The van der Waals surface area contributed by atoms with Crippen molar-refractivity contribution < 1.29 is 14.3 Å². The molecule has 29 heavy (non-hydrogen) atoms. The van der Waals surface area contributed by atoms with E-state index in [0.29, 0.717) is 17.9 Å². The average Bonchev–Trinajstić information content (AvgIpc) is 3.43. The van der Waals surface area contributed by atoms with Gasteiger partial charge in [0, 0.05) is 17.7 Å². The largest absolute Gasteiger partial charge is 0.497 e. The van der Waals surface area contributed by atoms with E-state index in [4.69, 9.17) is 9.47 Å². The van der Waals surface area contributed by atoms with E-state index in [1.54, 1.807) is 7.11 Å². The molecule has 0 aliphatic carbocycles. The smallest absolute Gasteiger partial charge is 0.192 e. The predicted molar refractivity (Wildman–Crippen MR) is 112 cm³/mol. The average molecular weight is 410 g/mol. The highest BCUT2D eigenvalue weighted by atomic mass is 32.2. The molecule has 1 aliphatic rings. The van der Waals surface area contributed by atoms with Crippen LogP contribution in [0.2, 0.25) is 0 Å². The molecule has 1 aromatic heterocycles. The summed E-state index contributed by atoms with van der Waals surface area (Å²) >= 11 is 1.42. The first-order valence-corrected chi connectivity index (χ1v) is 10.6. The molecule has 4 rings (SSSR count). The highest BCUT2D eigenvalue weighted by Gasteiger charge is 2.22. The Morgan fingerprint density at radius 1 is 1.17 bits per heavy atom. The van der Waals surface area contributed by atoms with Crippen LogP contribution in [-0.4, -0.2) is 46.1 Å². The van der Waals surface area contributed by atoms with E-state index in [0.717, 1.165) is 41.7 Å². The number of methoxy groups -OCH3 is 1. The zero-order valence-electron chi connectivity index (χ0n) is 16.3. The highest BCUT2D eigenvalue weighted by Crippen LogP contribution is 2.28. The lowest BCUT2D eigenvalue weighted by molar-refractivity contribution is 0.0953. The predicted octanol–water partition coefficient (Wildman–Crippen LogP) is 4.11. The number of rotatable bonds is 8. The summed E-state index contributed by atoms with van der Waals surface area (Å²) in [7, 11) is 1.65. The molecular weight excluding hydrogens is 386 g/mol. The maximum atomic E-state index is 12.5. The van der Waals surface area contributed by atoms with Crippen LogP contribution in [0.3, 0.4) is 0 Å². The maximum Gasteiger partial charge on any atom is 0.192 e.